The Labute approximate surface area is 274 Å². The van der Waals surface area contributed by atoms with Gasteiger partial charge >= 0.3 is 0 Å². The number of hydrogen-bond acceptors (Lipinski definition) is 0. The van der Waals surface area contributed by atoms with Crippen LogP contribution in [0.2, 0.25) is 0 Å². The molecule has 0 unspecified atom stereocenters. The molecular weight excluding hydrogens is 565 g/mol. The Morgan fingerprint density at radius 3 is 1.60 bits per heavy atom. The van der Waals surface area contributed by atoms with Crippen molar-refractivity contribution in [2.75, 3.05) is 0 Å². The van der Waals surface area contributed by atoms with Gasteiger partial charge in [-0.1, -0.05) is 153 Å². The fraction of sp³-hybridized carbons (Fsp3) is 0.0638. The minimum atomic E-state index is -0.134. The van der Waals surface area contributed by atoms with Crippen molar-refractivity contribution in [1.82, 2.24) is 0 Å². The molecule has 0 saturated carbocycles. The van der Waals surface area contributed by atoms with E-state index in [1.165, 1.54) is 98.4 Å². The maximum atomic E-state index is 2.42. The maximum Gasteiger partial charge on any atom is 0.0171 e. The van der Waals surface area contributed by atoms with E-state index in [9.17, 15) is 0 Å². The molecule has 0 atom stereocenters. The second-order valence-electron chi connectivity index (χ2n) is 13.7. The van der Waals surface area contributed by atoms with Crippen LogP contribution in [0.5, 0.6) is 0 Å². The minimum absolute atomic E-state index is 0.134. The van der Waals surface area contributed by atoms with Gasteiger partial charge in [0.25, 0.3) is 0 Å². The second kappa shape index (κ2) is 9.64. The summed E-state index contributed by atoms with van der Waals surface area (Å²) in [5.41, 5.74) is 10.6. The van der Waals surface area contributed by atoms with Crippen LogP contribution in [0, 0.1) is 0 Å². The molecule has 1 aliphatic carbocycles. The van der Waals surface area contributed by atoms with Gasteiger partial charge in [-0.15, -0.1) is 0 Å². The van der Waals surface area contributed by atoms with E-state index in [2.05, 4.69) is 172 Å². The second-order valence-corrected chi connectivity index (χ2v) is 13.7. The van der Waals surface area contributed by atoms with Crippen LogP contribution >= 0.6 is 0 Å². The average molecular weight is 597 g/mol. The highest BCUT2D eigenvalue weighted by Gasteiger charge is 2.39. The van der Waals surface area contributed by atoms with Crippen molar-refractivity contribution in [2.45, 2.75) is 19.3 Å². The van der Waals surface area contributed by atoms with Gasteiger partial charge in [0, 0.05) is 5.41 Å². The molecule has 0 N–H and O–H groups in total. The Morgan fingerprint density at radius 1 is 0.319 bits per heavy atom. The molecule has 0 aliphatic heterocycles. The Balaban J connectivity index is 1.16. The lowest BCUT2D eigenvalue weighted by Crippen LogP contribution is -2.16. The first-order valence-electron chi connectivity index (χ1n) is 16.6. The van der Waals surface area contributed by atoms with Crippen LogP contribution < -0.4 is 0 Å². The first kappa shape index (κ1) is 26.5. The van der Waals surface area contributed by atoms with Gasteiger partial charge in [-0.05, 0) is 117 Å². The maximum absolute atomic E-state index is 2.42. The zero-order valence-electron chi connectivity index (χ0n) is 26.5. The molecule has 0 bridgehead atoms. The van der Waals surface area contributed by atoms with E-state index in [4.69, 9.17) is 0 Å². The van der Waals surface area contributed by atoms with E-state index >= 15 is 0 Å². The largest absolute Gasteiger partial charge is 0.0616 e. The van der Waals surface area contributed by atoms with E-state index in [0.717, 1.165) is 0 Å². The summed E-state index contributed by atoms with van der Waals surface area (Å²) in [6.45, 7) is 4.84. The van der Waals surface area contributed by atoms with Gasteiger partial charge in [-0.2, -0.15) is 0 Å². The van der Waals surface area contributed by atoms with E-state index < -0.39 is 0 Å². The molecular formula is C47H32. The van der Waals surface area contributed by atoms with Crippen LogP contribution in [0.3, 0.4) is 0 Å². The first-order valence-corrected chi connectivity index (χ1v) is 16.6. The Kier molecular flexibility index (Phi) is 5.44. The smallest absolute Gasteiger partial charge is 0.0171 e. The zero-order chi connectivity index (χ0) is 31.3. The van der Waals surface area contributed by atoms with E-state index in [0.29, 0.717) is 0 Å². The molecule has 0 saturated heterocycles. The molecule has 0 amide bonds. The summed E-state index contributed by atoms with van der Waals surface area (Å²) < 4.78 is 0. The summed E-state index contributed by atoms with van der Waals surface area (Å²) in [7, 11) is 0. The fourth-order valence-corrected chi connectivity index (χ4v) is 8.77. The third-order valence-corrected chi connectivity index (χ3v) is 10.7. The van der Waals surface area contributed by atoms with Crippen molar-refractivity contribution in [3.63, 3.8) is 0 Å². The third-order valence-electron chi connectivity index (χ3n) is 10.7. The number of hydrogen-bond donors (Lipinski definition) is 0. The molecule has 9 aromatic carbocycles. The summed E-state index contributed by atoms with van der Waals surface area (Å²) in [5, 5.41) is 13.2. The molecule has 0 aromatic heterocycles. The molecule has 47 heavy (non-hydrogen) atoms. The van der Waals surface area contributed by atoms with Crippen molar-refractivity contribution in [2.24, 2.45) is 0 Å². The van der Waals surface area contributed by atoms with Crippen LogP contribution in [0.25, 0.3) is 87.2 Å². The van der Waals surface area contributed by atoms with Crippen LogP contribution in [0.15, 0.2) is 158 Å². The minimum Gasteiger partial charge on any atom is -0.0616 e. The number of benzene rings is 9. The number of rotatable bonds is 2. The molecule has 0 heteroatoms. The van der Waals surface area contributed by atoms with Gasteiger partial charge in [0.2, 0.25) is 0 Å². The number of fused-ring (bicyclic) bond motifs is 12. The molecule has 0 nitrogen and oxygen atoms in total. The summed E-state index contributed by atoms with van der Waals surface area (Å²) >= 11 is 0. The summed E-state index contributed by atoms with van der Waals surface area (Å²) in [4.78, 5) is 0. The monoisotopic (exact) mass is 596 g/mol. The normalized spacial score (nSPS) is 13.5. The van der Waals surface area contributed by atoms with E-state index in [1.54, 1.807) is 0 Å². The highest BCUT2D eigenvalue weighted by molar-refractivity contribution is 6.19. The molecule has 0 fully saturated rings. The van der Waals surface area contributed by atoms with Crippen molar-refractivity contribution in [1.29, 1.82) is 0 Å². The van der Waals surface area contributed by atoms with Crippen LogP contribution in [-0.4, -0.2) is 0 Å². The van der Waals surface area contributed by atoms with Gasteiger partial charge in [0.05, 0.1) is 0 Å². The van der Waals surface area contributed by atoms with Gasteiger partial charge in [-0.25, -0.2) is 0 Å². The Morgan fingerprint density at radius 2 is 0.872 bits per heavy atom. The lowest BCUT2D eigenvalue weighted by molar-refractivity contribution is 0.672. The molecule has 1 aliphatic rings. The topological polar surface area (TPSA) is 0 Å². The fourth-order valence-electron chi connectivity index (χ4n) is 8.77. The van der Waals surface area contributed by atoms with Crippen LogP contribution in [0.4, 0.5) is 0 Å². The molecule has 220 valence electrons. The molecule has 9 aromatic rings. The summed E-state index contributed by atoms with van der Waals surface area (Å²) in [5.74, 6) is 0. The van der Waals surface area contributed by atoms with Crippen LogP contribution in [0.1, 0.15) is 25.0 Å². The molecule has 0 radical (unpaired) electrons. The van der Waals surface area contributed by atoms with Crippen molar-refractivity contribution < 1.29 is 0 Å². The highest BCUT2D eigenvalue weighted by atomic mass is 14.4. The van der Waals surface area contributed by atoms with Crippen LogP contribution in [-0.2, 0) is 5.41 Å². The molecule has 10 rings (SSSR count). The van der Waals surface area contributed by atoms with Gasteiger partial charge in [0.1, 0.15) is 0 Å². The van der Waals surface area contributed by atoms with Gasteiger partial charge < -0.3 is 0 Å². The first-order chi connectivity index (χ1) is 23.1. The SMILES string of the molecule is CC1(C)c2c(ccc3cc(-c4cccc(-c5c6ccccc6cc6ccccc56)c4)ccc23)-c2c1c1ccccc1c1ccccc21. The lowest BCUT2D eigenvalue weighted by Gasteiger charge is -2.25. The standard InChI is InChI=1S/C47H32/c1-47(2)45-37-24-22-30(29-14-11-15-34(27-29)43-35-16-5-3-12-31(35)28-32-13-4-6-17-36(32)43)26-33(37)23-25-42(45)44-40-20-9-7-18-38(40)39-19-8-10-21-41(39)46(44)47/h3-28H,1-2H3. The van der Waals surface area contributed by atoms with E-state index in [-0.39, 0.29) is 5.41 Å². The summed E-state index contributed by atoms with van der Waals surface area (Å²) in [6, 6.07) is 58.7. The van der Waals surface area contributed by atoms with Crippen molar-refractivity contribution in [3.8, 4) is 33.4 Å². The predicted octanol–water partition coefficient (Wildman–Crippen LogP) is 13.1. The summed E-state index contributed by atoms with van der Waals surface area (Å²) in [6.07, 6.45) is 0. The highest BCUT2D eigenvalue weighted by Crippen LogP contribution is 2.56. The lowest BCUT2D eigenvalue weighted by atomic mass is 9.77. The van der Waals surface area contributed by atoms with Gasteiger partial charge in [-0.3, -0.25) is 0 Å². The van der Waals surface area contributed by atoms with Crippen molar-refractivity contribution >= 4 is 53.9 Å². The predicted molar refractivity (Wildman–Crippen MR) is 202 cm³/mol. The molecule has 0 spiro atoms. The zero-order valence-corrected chi connectivity index (χ0v) is 26.5. The average Bonchev–Trinajstić information content (AvgIpc) is 3.37. The Hall–Kier alpha value is -5.72. The molecule has 0 heterocycles. The Bertz CT molecular complexity index is 2700. The van der Waals surface area contributed by atoms with Crippen molar-refractivity contribution in [3.05, 3.63) is 169 Å². The van der Waals surface area contributed by atoms with E-state index in [1.807, 2.05) is 0 Å². The third kappa shape index (κ3) is 3.70. The van der Waals surface area contributed by atoms with Gasteiger partial charge in [0.15, 0.2) is 0 Å². The quantitative estimate of drug-likeness (QED) is 0.138.